The van der Waals surface area contributed by atoms with Gasteiger partial charge in [0, 0.05) is 19.6 Å². The van der Waals surface area contributed by atoms with Crippen molar-refractivity contribution < 1.29 is 19.4 Å². The van der Waals surface area contributed by atoms with E-state index in [1.165, 1.54) is 10.5 Å². The van der Waals surface area contributed by atoms with E-state index in [2.05, 4.69) is 12.1 Å². The van der Waals surface area contributed by atoms with Gasteiger partial charge in [-0.2, -0.15) is 0 Å². The van der Waals surface area contributed by atoms with Crippen molar-refractivity contribution in [3.8, 4) is 0 Å². The highest BCUT2D eigenvalue weighted by Gasteiger charge is 2.33. The number of carboxylic acids is 1. The standard InChI is InChI=1S/C17H23NO4/c19-16(18-11-4-8-15(18)17(20)21)9-5-12-22-13-10-14-6-2-1-3-7-14/h1-3,6-7,15H,4-5,8-13H2,(H,20,21). The monoisotopic (exact) mass is 305 g/mol. The van der Waals surface area contributed by atoms with Crippen molar-refractivity contribution in [2.75, 3.05) is 19.8 Å². The van der Waals surface area contributed by atoms with E-state index in [1.54, 1.807) is 0 Å². The number of likely N-dealkylation sites (tertiary alicyclic amines) is 1. The predicted molar refractivity (Wildman–Crippen MR) is 82.6 cm³/mol. The first kappa shape index (κ1) is 16.5. The average Bonchev–Trinajstić information content (AvgIpc) is 3.01. The van der Waals surface area contributed by atoms with Crippen LogP contribution in [-0.2, 0) is 20.7 Å². The maximum Gasteiger partial charge on any atom is 0.326 e. The molecule has 1 N–H and O–H groups in total. The van der Waals surface area contributed by atoms with Gasteiger partial charge >= 0.3 is 5.97 Å². The van der Waals surface area contributed by atoms with Gasteiger partial charge in [-0.25, -0.2) is 4.79 Å². The molecule has 5 nitrogen and oxygen atoms in total. The van der Waals surface area contributed by atoms with Crippen LogP contribution in [-0.4, -0.2) is 47.7 Å². The highest BCUT2D eigenvalue weighted by Crippen LogP contribution is 2.18. The Bertz CT molecular complexity index is 489. The third-order valence-corrected chi connectivity index (χ3v) is 3.92. The number of carbonyl (C=O) groups excluding carboxylic acids is 1. The number of rotatable bonds is 8. The number of ether oxygens (including phenoxy) is 1. The van der Waals surface area contributed by atoms with E-state index in [-0.39, 0.29) is 5.91 Å². The summed E-state index contributed by atoms with van der Waals surface area (Å²) >= 11 is 0. The number of carbonyl (C=O) groups is 2. The zero-order valence-electron chi connectivity index (χ0n) is 12.7. The van der Waals surface area contributed by atoms with Crippen molar-refractivity contribution in [2.45, 2.75) is 38.1 Å². The van der Waals surface area contributed by atoms with Gasteiger partial charge in [-0.15, -0.1) is 0 Å². The van der Waals surface area contributed by atoms with Crippen molar-refractivity contribution in [1.82, 2.24) is 4.90 Å². The topological polar surface area (TPSA) is 66.8 Å². The molecule has 2 rings (SSSR count). The molecule has 0 saturated carbocycles. The first-order valence-electron chi connectivity index (χ1n) is 7.82. The fourth-order valence-corrected chi connectivity index (χ4v) is 2.73. The maximum atomic E-state index is 12.0. The summed E-state index contributed by atoms with van der Waals surface area (Å²) in [6.07, 6.45) is 3.19. The summed E-state index contributed by atoms with van der Waals surface area (Å²) in [4.78, 5) is 24.6. The second kappa shape index (κ2) is 8.54. The van der Waals surface area contributed by atoms with Gasteiger partial charge in [0.05, 0.1) is 6.61 Å². The Morgan fingerprint density at radius 1 is 1.23 bits per heavy atom. The van der Waals surface area contributed by atoms with Crippen LogP contribution in [0, 0.1) is 0 Å². The Balaban J connectivity index is 1.58. The highest BCUT2D eigenvalue weighted by atomic mass is 16.5. The van der Waals surface area contributed by atoms with Crippen LogP contribution in [0.2, 0.25) is 0 Å². The lowest BCUT2D eigenvalue weighted by Crippen LogP contribution is -2.40. The first-order chi connectivity index (χ1) is 10.7. The lowest BCUT2D eigenvalue weighted by atomic mass is 10.2. The maximum absolute atomic E-state index is 12.0. The Labute approximate surface area is 130 Å². The fraction of sp³-hybridized carbons (Fsp3) is 0.529. The number of nitrogens with zero attached hydrogens (tertiary/aromatic N) is 1. The Kier molecular flexibility index (Phi) is 6.40. The minimum Gasteiger partial charge on any atom is -0.480 e. The van der Waals surface area contributed by atoms with Crippen molar-refractivity contribution in [3.05, 3.63) is 35.9 Å². The van der Waals surface area contributed by atoms with E-state index in [4.69, 9.17) is 9.84 Å². The van der Waals surface area contributed by atoms with Crippen LogP contribution in [0.3, 0.4) is 0 Å². The van der Waals surface area contributed by atoms with Gasteiger partial charge in [0.15, 0.2) is 0 Å². The SMILES string of the molecule is O=C(O)C1CCCN1C(=O)CCCOCCc1ccccc1. The number of hydrogen-bond acceptors (Lipinski definition) is 3. The molecule has 1 fully saturated rings. The van der Waals surface area contributed by atoms with E-state index in [0.717, 1.165) is 12.8 Å². The van der Waals surface area contributed by atoms with Gasteiger partial charge in [-0.1, -0.05) is 30.3 Å². The Hall–Kier alpha value is -1.88. The molecule has 1 heterocycles. The minimum absolute atomic E-state index is 0.0726. The van der Waals surface area contributed by atoms with Crippen molar-refractivity contribution in [3.63, 3.8) is 0 Å². The molecular weight excluding hydrogens is 282 g/mol. The molecule has 5 heteroatoms. The quantitative estimate of drug-likeness (QED) is 0.747. The molecule has 1 aliphatic rings. The molecule has 22 heavy (non-hydrogen) atoms. The van der Waals surface area contributed by atoms with Gasteiger partial charge in [-0.3, -0.25) is 4.79 Å². The van der Waals surface area contributed by atoms with Crippen LogP contribution >= 0.6 is 0 Å². The highest BCUT2D eigenvalue weighted by molar-refractivity contribution is 5.84. The van der Waals surface area contributed by atoms with Crippen LogP contribution in [0.5, 0.6) is 0 Å². The average molecular weight is 305 g/mol. The summed E-state index contributed by atoms with van der Waals surface area (Å²) in [5, 5.41) is 9.06. The molecule has 1 amide bonds. The second-order valence-electron chi connectivity index (χ2n) is 5.53. The van der Waals surface area contributed by atoms with Gasteiger partial charge < -0.3 is 14.7 Å². The lowest BCUT2D eigenvalue weighted by molar-refractivity contribution is -0.148. The molecule has 120 valence electrons. The largest absolute Gasteiger partial charge is 0.480 e. The molecule has 0 aromatic heterocycles. The molecule has 0 spiro atoms. The van der Waals surface area contributed by atoms with Crippen LogP contribution < -0.4 is 0 Å². The lowest BCUT2D eigenvalue weighted by Gasteiger charge is -2.21. The normalized spacial score (nSPS) is 17.6. The summed E-state index contributed by atoms with van der Waals surface area (Å²) in [6.45, 7) is 1.73. The molecule has 1 atom stereocenters. The second-order valence-corrected chi connectivity index (χ2v) is 5.53. The van der Waals surface area contributed by atoms with Crippen molar-refractivity contribution in [2.24, 2.45) is 0 Å². The summed E-state index contributed by atoms with van der Waals surface area (Å²) in [7, 11) is 0. The summed E-state index contributed by atoms with van der Waals surface area (Å²) in [5.41, 5.74) is 1.24. The zero-order valence-corrected chi connectivity index (χ0v) is 12.7. The first-order valence-corrected chi connectivity index (χ1v) is 7.82. The third kappa shape index (κ3) is 4.84. The summed E-state index contributed by atoms with van der Waals surface area (Å²) < 4.78 is 5.54. The van der Waals surface area contributed by atoms with Crippen LogP contribution in [0.4, 0.5) is 0 Å². The summed E-state index contributed by atoms with van der Waals surface area (Å²) in [5.74, 6) is -0.971. The van der Waals surface area contributed by atoms with Gasteiger partial charge in [0.1, 0.15) is 6.04 Å². The van der Waals surface area contributed by atoms with E-state index >= 15 is 0 Å². The molecule has 0 aliphatic carbocycles. The zero-order chi connectivity index (χ0) is 15.8. The molecule has 1 aromatic rings. The van der Waals surface area contributed by atoms with Crippen LogP contribution in [0.1, 0.15) is 31.2 Å². The van der Waals surface area contributed by atoms with Gasteiger partial charge in [0.2, 0.25) is 5.91 Å². The minimum atomic E-state index is -0.898. The third-order valence-electron chi connectivity index (χ3n) is 3.92. The molecule has 1 saturated heterocycles. The number of benzene rings is 1. The number of hydrogen-bond donors (Lipinski definition) is 1. The number of aliphatic carboxylic acids is 1. The fourth-order valence-electron chi connectivity index (χ4n) is 2.73. The number of amides is 1. The number of carboxylic acid groups (broad SMARTS) is 1. The Morgan fingerprint density at radius 3 is 2.73 bits per heavy atom. The van der Waals surface area contributed by atoms with Gasteiger partial charge in [-0.05, 0) is 31.2 Å². The summed E-state index contributed by atoms with van der Waals surface area (Å²) in [6, 6.07) is 9.48. The van der Waals surface area contributed by atoms with E-state index in [9.17, 15) is 9.59 Å². The molecule has 1 aromatic carbocycles. The molecule has 1 unspecified atom stereocenters. The molecular formula is C17H23NO4. The van der Waals surface area contributed by atoms with Gasteiger partial charge in [0.25, 0.3) is 0 Å². The molecule has 0 radical (unpaired) electrons. The van der Waals surface area contributed by atoms with Crippen LogP contribution in [0.15, 0.2) is 30.3 Å². The van der Waals surface area contributed by atoms with Crippen molar-refractivity contribution >= 4 is 11.9 Å². The molecule has 1 aliphatic heterocycles. The smallest absolute Gasteiger partial charge is 0.326 e. The van der Waals surface area contributed by atoms with E-state index in [0.29, 0.717) is 39.0 Å². The predicted octanol–water partition coefficient (Wildman–Crippen LogP) is 2.10. The van der Waals surface area contributed by atoms with E-state index in [1.807, 2.05) is 18.2 Å². The van der Waals surface area contributed by atoms with Crippen molar-refractivity contribution in [1.29, 1.82) is 0 Å². The van der Waals surface area contributed by atoms with E-state index < -0.39 is 12.0 Å². The van der Waals surface area contributed by atoms with Crippen LogP contribution in [0.25, 0.3) is 0 Å². The molecule has 0 bridgehead atoms. The Morgan fingerprint density at radius 2 is 2.00 bits per heavy atom.